The highest BCUT2D eigenvalue weighted by atomic mass is 15.2. The van der Waals surface area contributed by atoms with Gasteiger partial charge in [0.25, 0.3) is 0 Å². The van der Waals surface area contributed by atoms with Crippen LogP contribution in [-0.2, 0) is 6.42 Å². The Morgan fingerprint density at radius 3 is 2.00 bits per heavy atom. The van der Waals surface area contributed by atoms with Crippen LogP contribution in [0.1, 0.15) is 80.0 Å². The summed E-state index contributed by atoms with van der Waals surface area (Å²) in [5.41, 5.74) is 5.02. The molecule has 0 aromatic heterocycles. The van der Waals surface area contributed by atoms with Crippen LogP contribution in [0.2, 0.25) is 0 Å². The Labute approximate surface area is 176 Å². The monoisotopic (exact) mass is 386 g/mol. The minimum absolute atomic E-state index is 0.738. The second kappa shape index (κ2) is 11.5. The van der Waals surface area contributed by atoms with E-state index in [0.29, 0.717) is 0 Å². The van der Waals surface area contributed by atoms with Crippen molar-refractivity contribution in [2.45, 2.75) is 64.2 Å². The van der Waals surface area contributed by atoms with Crippen molar-refractivity contribution in [3.05, 3.63) is 83.4 Å². The average molecular weight is 387 g/mol. The van der Waals surface area contributed by atoms with Crippen LogP contribution in [0, 0.1) is 5.92 Å². The van der Waals surface area contributed by atoms with Gasteiger partial charge in [-0.15, -0.1) is 6.58 Å². The van der Waals surface area contributed by atoms with E-state index in [1.807, 2.05) is 18.5 Å². The lowest BCUT2D eigenvalue weighted by Gasteiger charge is -2.28. The Bertz CT molecular complexity index is 791. The molecule has 152 valence electrons. The molecule has 1 aliphatic carbocycles. The summed E-state index contributed by atoms with van der Waals surface area (Å²) in [5.74, 6) is 1.69. The smallest absolute Gasteiger partial charge is 0.0568 e. The summed E-state index contributed by atoms with van der Waals surface area (Å²) in [7, 11) is 0. The number of hydrogen-bond acceptors (Lipinski definition) is 2. The first-order valence-corrected chi connectivity index (χ1v) is 11.1. The van der Waals surface area contributed by atoms with Crippen LogP contribution in [0.25, 0.3) is 0 Å². The third-order valence-corrected chi connectivity index (χ3v) is 6.17. The van der Waals surface area contributed by atoms with Crippen molar-refractivity contribution in [2.24, 2.45) is 16.1 Å². The van der Waals surface area contributed by atoms with Crippen molar-refractivity contribution in [1.82, 2.24) is 0 Å². The van der Waals surface area contributed by atoms with Crippen molar-refractivity contribution in [1.29, 1.82) is 0 Å². The van der Waals surface area contributed by atoms with E-state index in [9.17, 15) is 0 Å². The van der Waals surface area contributed by atoms with Crippen molar-refractivity contribution in [3.8, 4) is 0 Å². The number of unbranched alkanes of at least 4 members (excludes halogenated alkanes) is 1. The predicted octanol–water partition coefficient (Wildman–Crippen LogP) is 7.33. The zero-order valence-electron chi connectivity index (χ0n) is 17.8. The van der Waals surface area contributed by atoms with E-state index in [-0.39, 0.29) is 0 Å². The predicted molar refractivity (Wildman–Crippen MR) is 126 cm³/mol. The highest BCUT2D eigenvalue weighted by molar-refractivity contribution is 5.82. The van der Waals surface area contributed by atoms with Gasteiger partial charge >= 0.3 is 0 Å². The number of nitrogens with zero attached hydrogens (tertiary/aromatic N) is 2. The molecule has 1 saturated carbocycles. The summed E-state index contributed by atoms with van der Waals surface area (Å²) in [5, 5.41) is 8.42. The molecule has 2 aromatic rings. The normalized spacial score (nSPS) is 19.8. The molecule has 0 bridgehead atoms. The summed E-state index contributed by atoms with van der Waals surface area (Å²) in [4.78, 5) is 0. The molecule has 2 nitrogen and oxygen atoms in total. The maximum Gasteiger partial charge on any atom is 0.0568 e. The highest BCUT2D eigenvalue weighted by Gasteiger charge is 2.20. The van der Waals surface area contributed by atoms with Gasteiger partial charge < -0.3 is 0 Å². The van der Waals surface area contributed by atoms with Gasteiger partial charge in [-0.3, -0.25) is 0 Å². The van der Waals surface area contributed by atoms with Gasteiger partial charge in [-0.2, -0.15) is 10.2 Å². The number of aryl methyl sites for hydroxylation is 1. The van der Waals surface area contributed by atoms with Crippen LogP contribution >= 0.6 is 0 Å². The van der Waals surface area contributed by atoms with E-state index >= 15 is 0 Å². The van der Waals surface area contributed by atoms with Gasteiger partial charge in [0, 0.05) is 0 Å². The van der Waals surface area contributed by atoms with E-state index in [1.54, 1.807) is 0 Å². The molecule has 2 aromatic carbocycles. The van der Waals surface area contributed by atoms with Gasteiger partial charge in [0.2, 0.25) is 0 Å². The molecule has 0 saturated heterocycles. The molecule has 0 heterocycles. The largest absolute Gasteiger partial charge is 0.159 e. The Kier molecular flexibility index (Phi) is 8.42. The molecule has 29 heavy (non-hydrogen) atoms. The van der Waals surface area contributed by atoms with Crippen molar-refractivity contribution in [2.75, 3.05) is 0 Å². The Balaban J connectivity index is 1.48. The fourth-order valence-electron chi connectivity index (χ4n) is 4.18. The molecular weight excluding hydrogens is 352 g/mol. The van der Waals surface area contributed by atoms with E-state index < -0.39 is 0 Å². The van der Waals surface area contributed by atoms with Crippen LogP contribution in [0.5, 0.6) is 0 Å². The number of rotatable bonds is 9. The van der Waals surface area contributed by atoms with Crippen LogP contribution in [0.4, 0.5) is 0 Å². The van der Waals surface area contributed by atoms with Gasteiger partial charge in [-0.1, -0.05) is 68.0 Å². The highest BCUT2D eigenvalue weighted by Crippen LogP contribution is 2.36. The third kappa shape index (κ3) is 6.81. The first-order chi connectivity index (χ1) is 14.3. The molecule has 0 unspecified atom stereocenters. The molecule has 0 N–H and O–H groups in total. The molecule has 0 amide bonds. The molecule has 0 atom stereocenters. The summed E-state index contributed by atoms with van der Waals surface area (Å²) in [6.07, 6.45) is 15.7. The molecule has 3 rings (SSSR count). The fourth-order valence-corrected chi connectivity index (χ4v) is 4.18. The van der Waals surface area contributed by atoms with Crippen LogP contribution in [0.3, 0.4) is 0 Å². The maximum atomic E-state index is 4.22. The zero-order chi connectivity index (χ0) is 20.3. The Morgan fingerprint density at radius 1 is 0.862 bits per heavy atom. The minimum atomic E-state index is 0.738. The van der Waals surface area contributed by atoms with Crippen LogP contribution in [-0.4, -0.2) is 12.4 Å². The first-order valence-electron chi connectivity index (χ1n) is 11.1. The number of benzene rings is 2. The van der Waals surface area contributed by atoms with E-state index in [4.69, 9.17) is 0 Å². The standard InChI is InChI=1S/C27H34N2/c1-3-5-6-7-23-8-10-24(11-9-23)20-28-29-21-25-14-18-27(19-15-25)26-16-12-22(4-2)13-17-26/h3,8-11,14-15,18-22,26H,1,4-7,12-13,16-17H2,2H3. The number of allylic oxidation sites excluding steroid dienone is 1. The maximum absolute atomic E-state index is 4.22. The zero-order valence-corrected chi connectivity index (χ0v) is 17.8. The Hall–Kier alpha value is -2.48. The third-order valence-electron chi connectivity index (χ3n) is 6.17. The lowest BCUT2D eigenvalue weighted by molar-refractivity contribution is 0.319. The lowest BCUT2D eigenvalue weighted by Crippen LogP contribution is -2.12. The first kappa shape index (κ1) is 21.2. The summed E-state index contributed by atoms with van der Waals surface area (Å²) in [6.45, 7) is 6.09. The van der Waals surface area contributed by atoms with E-state index in [0.717, 1.165) is 42.2 Å². The minimum Gasteiger partial charge on any atom is -0.159 e. The van der Waals surface area contributed by atoms with Gasteiger partial charge in [-0.25, -0.2) is 0 Å². The molecule has 1 fully saturated rings. The molecule has 0 radical (unpaired) electrons. The molecule has 2 heteroatoms. The summed E-state index contributed by atoms with van der Waals surface area (Å²) < 4.78 is 0. The summed E-state index contributed by atoms with van der Waals surface area (Å²) in [6, 6.07) is 17.4. The van der Waals surface area contributed by atoms with Crippen molar-refractivity contribution >= 4 is 12.4 Å². The number of hydrogen-bond donors (Lipinski definition) is 0. The summed E-state index contributed by atoms with van der Waals surface area (Å²) >= 11 is 0. The van der Waals surface area contributed by atoms with Crippen LogP contribution < -0.4 is 0 Å². The van der Waals surface area contributed by atoms with E-state index in [1.165, 1.54) is 43.2 Å². The second-order valence-corrected chi connectivity index (χ2v) is 8.20. The molecule has 1 aliphatic rings. The van der Waals surface area contributed by atoms with Crippen molar-refractivity contribution in [3.63, 3.8) is 0 Å². The fraction of sp³-hybridized carbons (Fsp3) is 0.407. The Morgan fingerprint density at radius 2 is 1.45 bits per heavy atom. The van der Waals surface area contributed by atoms with Gasteiger partial charge in [-0.05, 0) is 79.0 Å². The van der Waals surface area contributed by atoms with Gasteiger partial charge in [0.1, 0.15) is 0 Å². The quantitative estimate of drug-likeness (QED) is 0.186. The average Bonchev–Trinajstić information content (AvgIpc) is 2.78. The second-order valence-electron chi connectivity index (χ2n) is 8.20. The molecule has 0 spiro atoms. The molecule has 0 aliphatic heterocycles. The molecular formula is C27H34N2. The topological polar surface area (TPSA) is 24.7 Å². The van der Waals surface area contributed by atoms with Crippen LogP contribution in [0.15, 0.2) is 71.4 Å². The SMILES string of the molecule is C=CCCCc1ccc(C=NN=Cc2ccc(C3CCC(CC)CC3)cc2)cc1. The lowest BCUT2D eigenvalue weighted by atomic mass is 9.78. The van der Waals surface area contributed by atoms with Crippen molar-refractivity contribution < 1.29 is 0 Å². The van der Waals surface area contributed by atoms with Gasteiger partial charge in [0.15, 0.2) is 0 Å². The van der Waals surface area contributed by atoms with E-state index in [2.05, 4.69) is 72.2 Å². The van der Waals surface area contributed by atoms with Gasteiger partial charge in [0.05, 0.1) is 12.4 Å².